The van der Waals surface area contributed by atoms with Gasteiger partial charge in [-0.15, -0.1) is 0 Å². The standard InChI is InChI=1S/C22H24N2O7/c1-6-28-21(26)18-13(5)30-20(19(18)22(27)29-7-2)23-17(25)10-15-14-8-11(3)12(4)9-16(14)31-24-15/h8-9H,6-7,10H2,1-5H3,(H,23,25). The summed E-state index contributed by atoms with van der Waals surface area (Å²) in [5.74, 6) is -2.07. The van der Waals surface area contributed by atoms with Crippen LogP contribution < -0.4 is 5.32 Å². The normalized spacial score (nSPS) is 10.9. The number of furan rings is 1. The van der Waals surface area contributed by atoms with Crippen LogP contribution in [0.4, 0.5) is 5.88 Å². The van der Waals surface area contributed by atoms with Gasteiger partial charge in [0.25, 0.3) is 0 Å². The first-order valence-corrected chi connectivity index (χ1v) is 9.89. The van der Waals surface area contributed by atoms with E-state index in [1.165, 1.54) is 6.92 Å². The molecule has 1 aromatic carbocycles. The third kappa shape index (κ3) is 4.45. The highest BCUT2D eigenvalue weighted by Gasteiger charge is 2.31. The summed E-state index contributed by atoms with van der Waals surface area (Å²) >= 11 is 0. The van der Waals surface area contributed by atoms with Gasteiger partial charge in [-0.1, -0.05) is 5.16 Å². The molecule has 0 radical (unpaired) electrons. The number of anilines is 1. The molecule has 0 aliphatic carbocycles. The minimum Gasteiger partial charge on any atom is -0.462 e. The van der Waals surface area contributed by atoms with Gasteiger partial charge in [-0.2, -0.15) is 0 Å². The summed E-state index contributed by atoms with van der Waals surface area (Å²) in [4.78, 5) is 37.5. The molecular formula is C22H24N2O7. The Morgan fingerprint density at radius 3 is 2.23 bits per heavy atom. The number of carbonyl (C=O) groups excluding carboxylic acids is 3. The summed E-state index contributed by atoms with van der Waals surface area (Å²) in [6.07, 6.45) is -0.119. The van der Waals surface area contributed by atoms with E-state index < -0.39 is 17.8 Å². The van der Waals surface area contributed by atoms with Crippen LogP contribution in [0.15, 0.2) is 21.1 Å². The van der Waals surface area contributed by atoms with Crippen LogP contribution in [-0.4, -0.2) is 36.2 Å². The minimum atomic E-state index is -0.796. The van der Waals surface area contributed by atoms with Crippen LogP contribution in [-0.2, 0) is 20.7 Å². The van der Waals surface area contributed by atoms with Crippen LogP contribution in [0, 0.1) is 20.8 Å². The number of hydrogen-bond donors (Lipinski definition) is 1. The van der Waals surface area contributed by atoms with E-state index in [4.69, 9.17) is 18.4 Å². The van der Waals surface area contributed by atoms with E-state index in [-0.39, 0.29) is 42.4 Å². The Morgan fingerprint density at radius 1 is 0.968 bits per heavy atom. The maximum atomic E-state index is 12.7. The lowest BCUT2D eigenvalue weighted by molar-refractivity contribution is -0.115. The molecule has 0 aliphatic heterocycles. The molecule has 0 bridgehead atoms. The molecule has 0 fully saturated rings. The molecule has 164 valence electrons. The average molecular weight is 428 g/mol. The van der Waals surface area contributed by atoms with Crippen molar-refractivity contribution in [2.75, 3.05) is 18.5 Å². The average Bonchev–Trinajstić information content (AvgIpc) is 3.23. The zero-order chi connectivity index (χ0) is 22.7. The largest absolute Gasteiger partial charge is 0.462 e. The zero-order valence-corrected chi connectivity index (χ0v) is 18.1. The molecule has 1 N–H and O–H groups in total. The second kappa shape index (κ2) is 9.03. The second-order valence-corrected chi connectivity index (χ2v) is 6.97. The third-order valence-electron chi connectivity index (χ3n) is 4.79. The SMILES string of the molecule is CCOC(=O)c1c(C)oc(NC(=O)Cc2noc3cc(C)c(C)cc23)c1C(=O)OCC. The number of fused-ring (bicyclic) bond motifs is 1. The van der Waals surface area contributed by atoms with Crippen LogP contribution in [0.2, 0.25) is 0 Å². The van der Waals surface area contributed by atoms with E-state index in [1.54, 1.807) is 13.8 Å². The van der Waals surface area contributed by atoms with Crippen LogP contribution in [0.3, 0.4) is 0 Å². The van der Waals surface area contributed by atoms with Crippen molar-refractivity contribution in [3.05, 3.63) is 45.8 Å². The maximum absolute atomic E-state index is 12.7. The summed E-state index contributed by atoms with van der Waals surface area (Å²) in [6.45, 7) is 8.90. The number of aromatic nitrogens is 1. The predicted molar refractivity (Wildman–Crippen MR) is 111 cm³/mol. The monoisotopic (exact) mass is 428 g/mol. The molecule has 3 rings (SSSR count). The van der Waals surface area contributed by atoms with E-state index >= 15 is 0 Å². The molecule has 3 aromatic rings. The lowest BCUT2D eigenvalue weighted by Gasteiger charge is -2.06. The number of rotatable bonds is 7. The van der Waals surface area contributed by atoms with Gasteiger partial charge in [0, 0.05) is 5.39 Å². The van der Waals surface area contributed by atoms with E-state index in [0.717, 1.165) is 16.5 Å². The molecule has 2 aromatic heterocycles. The second-order valence-electron chi connectivity index (χ2n) is 6.97. The quantitative estimate of drug-likeness (QED) is 0.563. The summed E-state index contributed by atoms with van der Waals surface area (Å²) in [5, 5.41) is 7.26. The smallest absolute Gasteiger partial charge is 0.344 e. The number of amides is 1. The molecule has 0 unspecified atom stereocenters. The maximum Gasteiger partial charge on any atom is 0.344 e. The first kappa shape index (κ1) is 22.1. The lowest BCUT2D eigenvalue weighted by Crippen LogP contribution is -2.19. The molecule has 9 nitrogen and oxygen atoms in total. The van der Waals surface area contributed by atoms with Crippen LogP contribution in [0.1, 0.15) is 57.1 Å². The molecule has 0 aliphatic rings. The van der Waals surface area contributed by atoms with Crippen LogP contribution in [0.5, 0.6) is 0 Å². The van der Waals surface area contributed by atoms with Gasteiger partial charge in [-0.05, 0) is 57.9 Å². The highest BCUT2D eigenvalue weighted by molar-refractivity contribution is 6.09. The number of nitrogens with one attached hydrogen (secondary N) is 1. The van der Waals surface area contributed by atoms with Crippen molar-refractivity contribution in [2.45, 2.75) is 41.0 Å². The Morgan fingerprint density at radius 2 is 1.58 bits per heavy atom. The van der Waals surface area contributed by atoms with Gasteiger partial charge in [0.2, 0.25) is 11.8 Å². The fourth-order valence-electron chi connectivity index (χ4n) is 3.17. The highest BCUT2D eigenvalue weighted by atomic mass is 16.5. The first-order chi connectivity index (χ1) is 14.8. The number of carbonyl (C=O) groups is 3. The molecule has 2 heterocycles. The van der Waals surface area contributed by atoms with E-state index in [0.29, 0.717) is 11.3 Å². The van der Waals surface area contributed by atoms with Crippen molar-refractivity contribution in [1.29, 1.82) is 0 Å². The van der Waals surface area contributed by atoms with Gasteiger partial charge in [0.05, 0.1) is 19.6 Å². The molecule has 0 saturated heterocycles. The summed E-state index contributed by atoms with van der Waals surface area (Å²) in [5.41, 5.74) is 2.87. The van der Waals surface area contributed by atoms with Crippen LogP contribution >= 0.6 is 0 Å². The van der Waals surface area contributed by atoms with E-state index in [1.807, 2.05) is 26.0 Å². The minimum absolute atomic E-state index is 0.0754. The summed E-state index contributed by atoms with van der Waals surface area (Å²) in [7, 11) is 0. The summed E-state index contributed by atoms with van der Waals surface area (Å²) < 4.78 is 20.9. The molecule has 1 amide bonds. The molecule has 9 heteroatoms. The topological polar surface area (TPSA) is 121 Å². The van der Waals surface area contributed by atoms with Crippen molar-refractivity contribution >= 4 is 34.7 Å². The highest BCUT2D eigenvalue weighted by Crippen LogP contribution is 2.29. The molecular weight excluding hydrogens is 404 g/mol. The Labute approximate surface area is 178 Å². The Hall–Kier alpha value is -3.62. The zero-order valence-electron chi connectivity index (χ0n) is 18.1. The lowest BCUT2D eigenvalue weighted by atomic mass is 10.1. The van der Waals surface area contributed by atoms with E-state index in [9.17, 15) is 14.4 Å². The van der Waals surface area contributed by atoms with Crippen molar-refractivity contribution in [3.63, 3.8) is 0 Å². The number of ether oxygens (including phenoxy) is 2. The van der Waals surface area contributed by atoms with Gasteiger partial charge in [0.15, 0.2) is 5.58 Å². The number of hydrogen-bond acceptors (Lipinski definition) is 8. The Kier molecular flexibility index (Phi) is 6.43. The predicted octanol–water partition coefficient (Wildman–Crippen LogP) is 3.88. The number of aryl methyl sites for hydroxylation is 3. The molecule has 0 saturated carbocycles. The summed E-state index contributed by atoms with van der Waals surface area (Å²) in [6, 6.07) is 3.77. The number of nitrogens with zero attached hydrogens (tertiary/aromatic N) is 1. The van der Waals surface area contributed by atoms with Crippen molar-refractivity contribution < 1.29 is 32.8 Å². The van der Waals surface area contributed by atoms with Crippen molar-refractivity contribution in [1.82, 2.24) is 5.16 Å². The number of esters is 2. The Balaban J connectivity index is 1.90. The van der Waals surface area contributed by atoms with Gasteiger partial charge in [0.1, 0.15) is 22.6 Å². The van der Waals surface area contributed by atoms with Gasteiger partial charge >= 0.3 is 11.9 Å². The van der Waals surface area contributed by atoms with Gasteiger partial charge < -0.3 is 18.4 Å². The van der Waals surface area contributed by atoms with E-state index in [2.05, 4.69) is 10.5 Å². The fraction of sp³-hybridized carbons (Fsp3) is 0.364. The molecule has 0 atom stereocenters. The van der Waals surface area contributed by atoms with Gasteiger partial charge in [-0.3, -0.25) is 10.1 Å². The van der Waals surface area contributed by atoms with Gasteiger partial charge in [-0.25, -0.2) is 9.59 Å². The number of benzene rings is 1. The van der Waals surface area contributed by atoms with Crippen molar-refractivity contribution in [3.8, 4) is 0 Å². The molecule has 0 spiro atoms. The fourth-order valence-corrected chi connectivity index (χ4v) is 3.17. The third-order valence-corrected chi connectivity index (χ3v) is 4.79. The van der Waals surface area contributed by atoms with Crippen LogP contribution in [0.25, 0.3) is 11.0 Å². The molecule has 31 heavy (non-hydrogen) atoms. The van der Waals surface area contributed by atoms with Crippen molar-refractivity contribution in [2.24, 2.45) is 0 Å². The Bertz CT molecular complexity index is 1160. The first-order valence-electron chi connectivity index (χ1n) is 9.89.